The number of carbonyl (C=O) groups is 1. The number of nitrogens with zero attached hydrogens (tertiary/aromatic N) is 1. The van der Waals surface area contributed by atoms with E-state index in [0.29, 0.717) is 6.54 Å². The van der Waals surface area contributed by atoms with E-state index in [1.807, 2.05) is 11.8 Å². The molecule has 2 aromatic rings. The molecular formula is C16H18N2OS2. The van der Waals surface area contributed by atoms with Crippen molar-refractivity contribution in [3.8, 4) is 0 Å². The Labute approximate surface area is 133 Å². The summed E-state index contributed by atoms with van der Waals surface area (Å²) in [6.07, 6.45) is 5.08. The second-order valence-corrected chi connectivity index (χ2v) is 6.59. The van der Waals surface area contributed by atoms with E-state index >= 15 is 0 Å². The monoisotopic (exact) mass is 318 g/mol. The molecule has 1 heterocycles. The quantitative estimate of drug-likeness (QED) is 0.627. The van der Waals surface area contributed by atoms with Gasteiger partial charge in [-0.3, -0.25) is 9.78 Å². The van der Waals surface area contributed by atoms with Gasteiger partial charge in [-0.15, -0.1) is 11.3 Å². The highest BCUT2D eigenvalue weighted by molar-refractivity contribution is 7.98. The molecule has 0 aliphatic heterocycles. The zero-order chi connectivity index (χ0) is 14.9. The molecule has 1 N–H and O–H groups in total. The van der Waals surface area contributed by atoms with Gasteiger partial charge in [0.05, 0.1) is 5.51 Å². The Morgan fingerprint density at radius 2 is 2.19 bits per heavy atom. The van der Waals surface area contributed by atoms with Gasteiger partial charge in [-0.2, -0.15) is 11.8 Å². The molecule has 1 aromatic heterocycles. The SMILES string of the molecule is Cc1ccc(CSCCNC(=O)/C=C/c2cncs2)cc1. The molecule has 0 aliphatic carbocycles. The summed E-state index contributed by atoms with van der Waals surface area (Å²) in [5.41, 5.74) is 4.35. The average Bonchev–Trinajstić information content (AvgIpc) is 3.00. The number of carbonyl (C=O) groups excluding carboxylic acids is 1. The fraction of sp³-hybridized carbons (Fsp3) is 0.250. The van der Waals surface area contributed by atoms with E-state index in [4.69, 9.17) is 0 Å². The Hall–Kier alpha value is -1.59. The molecule has 0 bridgehead atoms. The summed E-state index contributed by atoms with van der Waals surface area (Å²) in [7, 11) is 0. The van der Waals surface area contributed by atoms with Crippen LogP contribution in [0.1, 0.15) is 16.0 Å². The third-order valence-electron chi connectivity index (χ3n) is 2.79. The van der Waals surface area contributed by atoms with Crippen molar-refractivity contribution in [3.05, 3.63) is 58.1 Å². The first-order valence-corrected chi connectivity index (χ1v) is 8.75. The van der Waals surface area contributed by atoms with E-state index < -0.39 is 0 Å². The fourth-order valence-corrected chi connectivity index (χ4v) is 2.98. The number of amides is 1. The Morgan fingerprint density at radius 3 is 2.90 bits per heavy atom. The van der Waals surface area contributed by atoms with Crippen molar-refractivity contribution in [1.29, 1.82) is 0 Å². The molecule has 0 saturated carbocycles. The second-order valence-electron chi connectivity index (χ2n) is 4.57. The van der Waals surface area contributed by atoms with Crippen molar-refractivity contribution < 1.29 is 4.79 Å². The Kier molecular flexibility index (Phi) is 6.50. The number of aryl methyl sites for hydroxylation is 1. The van der Waals surface area contributed by atoms with Gasteiger partial charge in [-0.05, 0) is 18.6 Å². The number of hydrogen-bond acceptors (Lipinski definition) is 4. The molecule has 1 aromatic carbocycles. The van der Waals surface area contributed by atoms with Crippen molar-refractivity contribution in [2.75, 3.05) is 12.3 Å². The molecule has 110 valence electrons. The highest BCUT2D eigenvalue weighted by atomic mass is 32.2. The Morgan fingerprint density at radius 1 is 1.38 bits per heavy atom. The first-order valence-electron chi connectivity index (χ1n) is 6.72. The summed E-state index contributed by atoms with van der Waals surface area (Å²) < 4.78 is 0. The molecule has 5 heteroatoms. The van der Waals surface area contributed by atoms with Crippen LogP contribution in [0, 0.1) is 6.92 Å². The van der Waals surface area contributed by atoms with Crippen LogP contribution in [0.4, 0.5) is 0 Å². The van der Waals surface area contributed by atoms with Gasteiger partial charge < -0.3 is 5.32 Å². The molecule has 0 saturated heterocycles. The number of nitrogens with one attached hydrogen (secondary N) is 1. The highest BCUT2D eigenvalue weighted by Gasteiger charge is 1.97. The minimum Gasteiger partial charge on any atom is -0.352 e. The van der Waals surface area contributed by atoms with Gasteiger partial charge in [-0.25, -0.2) is 0 Å². The van der Waals surface area contributed by atoms with E-state index in [1.54, 1.807) is 23.9 Å². The Balaban J connectivity index is 1.59. The lowest BCUT2D eigenvalue weighted by Gasteiger charge is -2.03. The van der Waals surface area contributed by atoms with Gasteiger partial charge in [0.2, 0.25) is 5.91 Å². The summed E-state index contributed by atoms with van der Waals surface area (Å²) in [5.74, 6) is 1.83. The largest absolute Gasteiger partial charge is 0.352 e. The van der Waals surface area contributed by atoms with Gasteiger partial charge in [-0.1, -0.05) is 29.8 Å². The number of aromatic nitrogens is 1. The third-order valence-corrected chi connectivity index (χ3v) is 4.56. The van der Waals surface area contributed by atoms with Crippen LogP contribution in [0.2, 0.25) is 0 Å². The standard InChI is InChI=1S/C16H18N2OS2/c1-13-2-4-14(5-3-13)11-20-9-8-18-16(19)7-6-15-10-17-12-21-15/h2-7,10,12H,8-9,11H2,1H3,(H,18,19)/b7-6+. The number of thioether (sulfide) groups is 1. The lowest BCUT2D eigenvalue weighted by Crippen LogP contribution is -2.23. The maximum absolute atomic E-state index is 11.6. The normalized spacial score (nSPS) is 10.9. The van der Waals surface area contributed by atoms with E-state index in [0.717, 1.165) is 16.4 Å². The van der Waals surface area contributed by atoms with Crippen molar-refractivity contribution >= 4 is 35.1 Å². The summed E-state index contributed by atoms with van der Waals surface area (Å²) >= 11 is 3.34. The lowest BCUT2D eigenvalue weighted by atomic mass is 10.2. The summed E-state index contributed by atoms with van der Waals surface area (Å²) in [6, 6.07) is 8.56. The maximum Gasteiger partial charge on any atom is 0.244 e. The molecule has 1 amide bonds. The van der Waals surface area contributed by atoms with Gasteiger partial charge in [0, 0.05) is 35.2 Å². The van der Waals surface area contributed by atoms with E-state index in [1.165, 1.54) is 22.5 Å². The first-order chi connectivity index (χ1) is 10.2. The van der Waals surface area contributed by atoms with Crippen LogP contribution in [0.5, 0.6) is 0 Å². The zero-order valence-corrected chi connectivity index (χ0v) is 13.5. The van der Waals surface area contributed by atoms with Crippen molar-refractivity contribution in [2.24, 2.45) is 0 Å². The van der Waals surface area contributed by atoms with Crippen LogP contribution in [0.25, 0.3) is 6.08 Å². The Bertz CT molecular complexity index is 577. The minimum atomic E-state index is -0.0562. The average molecular weight is 318 g/mol. The third kappa shape index (κ3) is 6.14. The van der Waals surface area contributed by atoms with Crippen molar-refractivity contribution in [2.45, 2.75) is 12.7 Å². The van der Waals surface area contributed by atoms with Crippen LogP contribution in [-0.4, -0.2) is 23.2 Å². The van der Waals surface area contributed by atoms with Crippen molar-refractivity contribution in [1.82, 2.24) is 10.3 Å². The second kappa shape index (κ2) is 8.64. The molecule has 0 fully saturated rings. The van der Waals surface area contributed by atoms with Gasteiger partial charge in [0.1, 0.15) is 0 Å². The number of rotatable bonds is 7. The predicted octanol–water partition coefficient (Wildman–Crippen LogP) is 3.51. The zero-order valence-electron chi connectivity index (χ0n) is 11.9. The van der Waals surface area contributed by atoms with Crippen LogP contribution in [0.3, 0.4) is 0 Å². The molecule has 0 radical (unpaired) electrons. The van der Waals surface area contributed by atoms with E-state index in [9.17, 15) is 4.79 Å². The summed E-state index contributed by atoms with van der Waals surface area (Å²) in [6.45, 7) is 2.77. The highest BCUT2D eigenvalue weighted by Crippen LogP contribution is 2.12. The topological polar surface area (TPSA) is 42.0 Å². The molecule has 0 aliphatic rings. The van der Waals surface area contributed by atoms with E-state index in [-0.39, 0.29) is 5.91 Å². The summed E-state index contributed by atoms with van der Waals surface area (Å²) in [4.78, 5) is 16.5. The van der Waals surface area contributed by atoms with Gasteiger partial charge in [0.25, 0.3) is 0 Å². The number of benzene rings is 1. The van der Waals surface area contributed by atoms with E-state index in [2.05, 4.69) is 41.5 Å². The molecule has 0 spiro atoms. The first kappa shape index (κ1) is 15.8. The summed E-state index contributed by atoms with van der Waals surface area (Å²) in [5, 5.41) is 2.88. The maximum atomic E-state index is 11.6. The van der Waals surface area contributed by atoms with Crippen LogP contribution >= 0.6 is 23.1 Å². The molecule has 2 rings (SSSR count). The molecule has 0 unspecified atom stereocenters. The predicted molar refractivity (Wildman–Crippen MR) is 91.5 cm³/mol. The van der Waals surface area contributed by atoms with Crippen molar-refractivity contribution in [3.63, 3.8) is 0 Å². The van der Waals surface area contributed by atoms with Gasteiger partial charge >= 0.3 is 0 Å². The minimum absolute atomic E-state index is 0.0562. The number of hydrogen-bond donors (Lipinski definition) is 1. The lowest BCUT2D eigenvalue weighted by molar-refractivity contribution is -0.116. The van der Waals surface area contributed by atoms with Gasteiger partial charge in [0.15, 0.2) is 0 Å². The van der Waals surface area contributed by atoms with Crippen LogP contribution in [0.15, 0.2) is 42.0 Å². The number of thiazole rings is 1. The fourth-order valence-electron chi connectivity index (χ4n) is 1.65. The molecule has 0 atom stereocenters. The smallest absolute Gasteiger partial charge is 0.244 e. The van der Waals surface area contributed by atoms with Crippen LogP contribution in [-0.2, 0) is 10.5 Å². The molecule has 3 nitrogen and oxygen atoms in total. The molecular weight excluding hydrogens is 300 g/mol. The van der Waals surface area contributed by atoms with Crippen LogP contribution < -0.4 is 5.32 Å². The molecule has 21 heavy (non-hydrogen) atoms.